The van der Waals surface area contributed by atoms with Crippen molar-refractivity contribution in [1.29, 1.82) is 10.5 Å². The van der Waals surface area contributed by atoms with E-state index in [0.717, 1.165) is 33.3 Å². The Hall–Kier alpha value is -4.82. The molecule has 0 atom stereocenters. The molecule has 2 N–H and O–H groups in total. The molecule has 0 aliphatic rings. The monoisotopic (exact) mass is 610 g/mol. The van der Waals surface area contributed by atoms with E-state index in [1.54, 1.807) is 12.1 Å². The maximum absolute atomic E-state index is 12.5. The highest BCUT2D eigenvalue weighted by Crippen LogP contribution is 2.35. The van der Waals surface area contributed by atoms with E-state index in [4.69, 9.17) is 25.7 Å². The third-order valence-electron chi connectivity index (χ3n) is 5.46. The average molecular weight is 611 g/mol. The summed E-state index contributed by atoms with van der Waals surface area (Å²) in [6, 6.07) is 20.9. The van der Waals surface area contributed by atoms with E-state index >= 15 is 0 Å². The van der Waals surface area contributed by atoms with Gasteiger partial charge in [0, 0.05) is 18.7 Å². The molecule has 0 aromatic heterocycles. The molecule has 0 unspecified atom stereocenters. The van der Waals surface area contributed by atoms with E-state index in [1.807, 2.05) is 12.1 Å². The van der Waals surface area contributed by atoms with E-state index in [0.29, 0.717) is 17.7 Å². The van der Waals surface area contributed by atoms with Gasteiger partial charge in [-0.2, -0.15) is 36.9 Å². The molecule has 0 fully saturated rings. The number of non-ortho nitro benzene ring substituents is 1. The molecular weight excluding hydrogens is 582 g/mol. The Labute approximate surface area is 244 Å². The Balaban J connectivity index is 0.000000329. The molecule has 3 aromatic carbocycles. The number of alkyl halides is 6. The minimum Gasteiger partial charge on any atom is -0.478 e. The number of hydrogen-bond acceptors (Lipinski definition) is 7. The first-order chi connectivity index (χ1) is 19.8. The Kier molecular flexibility index (Phi) is 12.5. The van der Waals surface area contributed by atoms with Crippen molar-refractivity contribution in [1.82, 2.24) is 0 Å². The van der Waals surface area contributed by atoms with Gasteiger partial charge in [0.15, 0.2) is 11.2 Å². The predicted octanol–water partition coefficient (Wildman–Crippen LogP) is 7.61. The van der Waals surface area contributed by atoms with Gasteiger partial charge in [0.25, 0.3) is 5.69 Å². The lowest BCUT2D eigenvalue weighted by atomic mass is 10.1. The van der Waals surface area contributed by atoms with Crippen molar-refractivity contribution < 1.29 is 40.7 Å². The molecule has 0 radical (unpaired) electrons. The van der Waals surface area contributed by atoms with Crippen LogP contribution in [0.1, 0.15) is 44.4 Å². The molecule has 0 bridgehead atoms. The van der Waals surface area contributed by atoms with Gasteiger partial charge in [-0.25, -0.2) is 0 Å². The third-order valence-corrected chi connectivity index (χ3v) is 5.46. The van der Waals surface area contributed by atoms with Crippen molar-refractivity contribution >= 4 is 5.69 Å². The van der Waals surface area contributed by atoms with Crippen molar-refractivity contribution in [2.24, 2.45) is 5.73 Å². The van der Waals surface area contributed by atoms with Crippen molar-refractivity contribution in [3.8, 4) is 23.6 Å². The van der Waals surface area contributed by atoms with Crippen LogP contribution in [0.2, 0.25) is 0 Å². The van der Waals surface area contributed by atoms with Crippen molar-refractivity contribution in [2.45, 2.75) is 57.8 Å². The van der Waals surface area contributed by atoms with Gasteiger partial charge < -0.3 is 15.2 Å². The Bertz CT molecular complexity index is 1410. The first-order valence-corrected chi connectivity index (χ1v) is 12.2. The van der Waals surface area contributed by atoms with E-state index in [-0.39, 0.29) is 17.2 Å². The SMILES string of the molecule is CC(C)(Oc1ccc(C#N)cc1)C(F)(F)F.CC(C)(Oc1ccc(CN)cc1)C(F)(F)F.N#Cc1ccc([N+](=O)[O-])cc1. The summed E-state index contributed by atoms with van der Waals surface area (Å²) in [6.07, 6.45) is -8.85. The van der Waals surface area contributed by atoms with Crippen molar-refractivity contribution in [3.63, 3.8) is 0 Å². The highest BCUT2D eigenvalue weighted by molar-refractivity contribution is 5.38. The van der Waals surface area contributed by atoms with Gasteiger partial charge in [0.1, 0.15) is 11.5 Å². The predicted molar refractivity (Wildman–Crippen MR) is 145 cm³/mol. The fourth-order valence-electron chi connectivity index (χ4n) is 2.65. The Morgan fingerprint density at radius 1 is 0.698 bits per heavy atom. The molecule has 0 saturated carbocycles. The number of nitrogens with two attached hydrogens (primary N) is 1. The number of halogens is 6. The van der Waals surface area contributed by atoms with Gasteiger partial charge in [0.05, 0.1) is 28.2 Å². The number of nitro groups is 1. The van der Waals surface area contributed by atoms with Crippen LogP contribution < -0.4 is 15.2 Å². The zero-order valence-electron chi connectivity index (χ0n) is 23.5. The average Bonchev–Trinajstić information content (AvgIpc) is 2.93. The standard InChI is InChI=1S/C11H14F3NO.C11H10F3NO.C7H4N2O2/c2*1-10(2,11(12,13)14)16-9-5-3-8(7-15)4-6-9;8-5-6-1-3-7(4-2-6)9(10)11/h3-6H,7,15H2,1-2H3;3-6H,1-2H3;1-4H. The summed E-state index contributed by atoms with van der Waals surface area (Å²) < 4.78 is 84.8. The van der Waals surface area contributed by atoms with Crippen LogP contribution in [0.5, 0.6) is 11.5 Å². The van der Waals surface area contributed by atoms with Crippen LogP contribution in [0.4, 0.5) is 32.0 Å². The second-order valence-corrected chi connectivity index (χ2v) is 9.62. The number of rotatable bonds is 6. The molecular formula is C29H28F6N4O4. The first-order valence-electron chi connectivity index (χ1n) is 12.2. The number of nitro benzene ring substituents is 1. The van der Waals surface area contributed by atoms with E-state index in [2.05, 4.69) is 0 Å². The molecule has 0 amide bonds. The fourth-order valence-corrected chi connectivity index (χ4v) is 2.65. The summed E-state index contributed by atoms with van der Waals surface area (Å²) in [4.78, 5) is 9.62. The highest BCUT2D eigenvalue weighted by atomic mass is 19.4. The van der Waals surface area contributed by atoms with Gasteiger partial charge in [0.2, 0.25) is 0 Å². The molecule has 43 heavy (non-hydrogen) atoms. The second-order valence-electron chi connectivity index (χ2n) is 9.62. The largest absolute Gasteiger partial charge is 0.478 e. The topological polar surface area (TPSA) is 135 Å². The zero-order valence-corrected chi connectivity index (χ0v) is 23.5. The lowest BCUT2D eigenvalue weighted by Gasteiger charge is -2.28. The molecule has 3 aromatic rings. The van der Waals surface area contributed by atoms with Crippen LogP contribution >= 0.6 is 0 Å². The van der Waals surface area contributed by atoms with Crippen LogP contribution in [0.3, 0.4) is 0 Å². The Morgan fingerprint density at radius 2 is 1.02 bits per heavy atom. The lowest BCUT2D eigenvalue weighted by molar-refractivity contribution is -0.384. The number of benzene rings is 3. The molecule has 8 nitrogen and oxygen atoms in total. The normalized spacial score (nSPS) is 11.4. The van der Waals surface area contributed by atoms with E-state index in [1.165, 1.54) is 60.7 Å². The maximum atomic E-state index is 12.5. The van der Waals surface area contributed by atoms with Gasteiger partial charge in [-0.15, -0.1) is 0 Å². The van der Waals surface area contributed by atoms with Gasteiger partial charge >= 0.3 is 12.4 Å². The molecule has 0 spiro atoms. The van der Waals surface area contributed by atoms with Gasteiger partial charge in [-0.1, -0.05) is 12.1 Å². The highest BCUT2D eigenvalue weighted by Gasteiger charge is 2.50. The summed E-state index contributed by atoms with van der Waals surface area (Å²) in [5, 5.41) is 27.0. The molecule has 0 aliphatic carbocycles. The summed E-state index contributed by atoms with van der Waals surface area (Å²) in [7, 11) is 0. The minimum absolute atomic E-state index is 0.00370. The fraction of sp³-hybridized carbons (Fsp3) is 0.310. The van der Waals surface area contributed by atoms with E-state index < -0.39 is 28.5 Å². The second kappa shape index (κ2) is 14.9. The maximum Gasteiger partial charge on any atom is 0.427 e. The van der Waals surface area contributed by atoms with Gasteiger partial charge in [-0.3, -0.25) is 10.1 Å². The van der Waals surface area contributed by atoms with Crippen LogP contribution in [-0.4, -0.2) is 28.5 Å². The van der Waals surface area contributed by atoms with Gasteiger partial charge in [-0.05, 0) is 81.8 Å². The smallest absolute Gasteiger partial charge is 0.427 e. The number of nitriles is 2. The van der Waals surface area contributed by atoms with Crippen LogP contribution in [0.25, 0.3) is 0 Å². The lowest BCUT2D eigenvalue weighted by Crippen LogP contribution is -2.44. The Morgan fingerprint density at radius 3 is 1.30 bits per heavy atom. The third kappa shape index (κ3) is 11.5. The quantitative estimate of drug-likeness (QED) is 0.172. The van der Waals surface area contributed by atoms with Crippen molar-refractivity contribution in [3.05, 3.63) is 99.6 Å². The zero-order chi connectivity index (χ0) is 33.1. The molecule has 0 saturated heterocycles. The number of hydrogen-bond donors (Lipinski definition) is 1. The molecule has 14 heteroatoms. The number of ether oxygens (including phenoxy) is 2. The summed E-state index contributed by atoms with van der Waals surface area (Å²) in [5.41, 5.74) is 2.58. The molecule has 0 heterocycles. The molecule has 230 valence electrons. The first kappa shape index (κ1) is 36.2. The van der Waals surface area contributed by atoms with Crippen LogP contribution in [0.15, 0.2) is 72.8 Å². The molecule has 0 aliphatic heterocycles. The summed E-state index contributed by atoms with van der Waals surface area (Å²) in [6.45, 7) is 4.23. The summed E-state index contributed by atoms with van der Waals surface area (Å²) in [5.74, 6) is 0.265. The van der Waals surface area contributed by atoms with Crippen LogP contribution in [0, 0.1) is 32.8 Å². The minimum atomic E-state index is -4.44. The summed E-state index contributed by atoms with van der Waals surface area (Å²) >= 11 is 0. The van der Waals surface area contributed by atoms with E-state index in [9.17, 15) is 36.5 Å². The number of nitrogens with zero attached hydrogens (tertiary/aromatic N) is 3. The molecule has 3 rings (SSSR count). The van der Waals surface area contributed by atoms with Crippen molar-refractivity contribution in [2.75, 3.05) is 0 Å². The van der Waals surface area contributed by atoms with Crippen LogP contribution in [-0.2, 0) is 6.54 Å².